The van der Waals surface area contributed by atoms with E-state index in [2.05, 4.69) is 10.1 Å². The molecule has 0 saturated carbocycles. The Balaban J connectivity index is -0.000000105. The largest absolute Gasteiger partial charge is 0.370 e. The highest BCUT2D eigenvalue weighted by Gasteiger charge is 1.70. The number of nitrogens with one attached hydrogen (secondary N) is 1. The van der Waals surface area contributed by atoms with Crippen LogP contribution in [0.3, 0.4) is 0 Å². The van der Waals surface area contributed by atoms with Crippen LogP contribution in [-0.4, -0.2) is 20.4 Å². The molecule has 0 aromatic carbocycles. The molecule has 0 spiro atoms. The van der Waals surface area contributed by atoms with Crippen molar-refractivity contribution in [2.24, 2.45) is 0 Å². The van der Waals surface area contributed by atoms with E-state index < -0.39 is 0 Å². The fourth-order valence-electron chi connectivity index (χ4n) is 0.204. The van der Waals surface area contributed by atoms with Crippen molar-refractivity contribution >= 4 is 0 Å². The molecule has 0 aliphatic carbocycles. The molecule has 0 aromatic heterocycles. The van der Waals surface area contributed by atoms with E-state index in [1.165, 1.54) is 0 Å². The highest BCUT2D eigenvalue weighted by atomic mass is 16.5. The van der Waals surface area contributed by atoms with E-state index in [1.807, 2.05) is 34.6 Å². The second-order valence-corrected chi connectivity index (χ2v) is 1.04. The van der Waals surface area contributed by atoms with Crippen LogP contribution in [0.25, 0.3) is 0 Å². The van der Waals surface area contributed by atoms with Crippen LogP contribution in [0, 0.1) is 0 Å². The van der Waals surface area contributed by atoms with Gasteiger partial charge < -0.3 is 4.74 Å². The van der Waals surface area contributed by atoms with E-state index in [0.29, 0.717) is 6.73 Å². The molecule has 1 N–H and O–H groups in total. The van der Waals surface area contributed by atoms with Gasteiger partial charge in [-0.3, -0.25) is 5.32 Å². The topological polar surface area (TPSA) is 21.3 Å². The Labute approximate surface area is 66.0 Å². The first kappa shape index (κ1) is 16.5. The van der Waals surface area contributed by atoms with Gasteiger partial charge in [0.25, 0.3) is 0 Å². The number of methoxy groups -OCH3 is 1. The maximum atomic E-state index is 4.67. The number of ether oxygens (including phenoxy) is 1. The molecule has 0 radical (unpaired) electrons. The van der Waals surface area contributed by atoms with Crippen molar-refractivity contribution < 1.29 is 4.74 Å². The molecule has 0 heterocycles. The number of hydrogen-bond acceptors (Lipinski definition) is 2. The summed E-state index contributed by atoms with van der Waals surface area (Å²) in [5, 5.41) is 2.98. The average Bonchev–Trinajstić information content (AvgIpc) is 2.08. The second-order valence-electron chi connectivity index (χ2n) is 1.04. The van der Waals surface area contributed by atoms with Gasteiger partial charge >= 0.3 is 0 Å². The summed E-state index contributed by atoms with van der Waals surface area (Å²) in [6.45, 7) is 11.7. The van der Waals surface area contributed by atoms with E-state index in [0.717, 1.165) is 6.54 Å². The summed E-state index contributed by atoms with van der Waals surface area (Å²) < 4.78 is 4.67. The molecule has 0 unspecified atom stereocenters. The van der Waals surface area contributed by atoms with E-state index >= 15 is 0 Å². The Morgan fingerprint density at radius 1 is 1.10 bits per heavy atom. The van der Waals surface area contributed by atoms with Gasteiger partial charge in [-0.15, -0.1) is 0 Å². The minimum absolute atomic E-state index is 0.663. The summed E-state index contributed by atoms with van der Waals surface area (Å²) in [5.74, 6) is 0. The van der Waals surface area contributed by atoms with E-state index in [-0.39, 0.29) is 0 Å². The van der Waals surface area contributed by atoms with E-state index in [4.69, 9.17) is 0 Å². The molecular formula is C8H23NO. The Kier molecular flexibility index (Phi) is 60.0. The first-order valence-corrected chi connectivity index (χ1v) is 4.11. The van der Waals surface area contributed by atoms with Crippen LogP contribution in [0.1, 0.15) is 34.6 Å². The van der Waals surface area contributed by atoms with Gasteiger partial charge in [-0.05, 0) is 6.54 Å². The SMILES string of the molecule is CC.CC.CCNCOC. The Hall–Kier alpha value is -0.0800. The zero-order valence-corrected chi connectivity index (χ0v) is 8.32. The summed E-state index contributed by atoms with van der Waals surface area (Å²) in [7, 11) is 1.67. The lowest BCUT2D eigenvalue weighted by Crippen LogP contribution is -2.14. The Bertz CT molecular complexity index is 21.2. The molecule has 0 bridgehead atoms. The van der Waals surface area contributed by atoms with Crippen LogP contribution in [0.5, 0.6) is 0 Å². The average molecular weight is 149 g/mol. The monoisotopic (exact) mass is 149 g/mol. The third kappa shape index (κ3) is 44.5. The van der Waals surface area contributed by atoms with Gasteiger partial charge in [0.1, 0.15) is 0 Å². The summed E-state index contributed by atoms with van der Waals surface area (Å²) >= 11 is 0. The highest BCUT2D eigenvalue weighted by molar-refractivity contribution is 4.23. The molecule has 0 saturated heterocycles. The van der Waals surface area contributed by atoms with Crippen LogP contribution in [-0.2, 0) is 4.74 Å². The molecule has 0 rings (SSSR count). The fourth-order valence-corrected chi connectivity index (χ4v) is 0.204. The summed E-state index contributed by atoms with van der Waals surface area (Å²) in [5.41, 5.74) is 0. The molecular weight excluding hydrogens is 126 g/mol. The van der Waals surface area contributed by atoms with Crippen LogP contribution in [0.2, 0.25) is 0 Å². The molecule has 0 fully saturated rings. The van der Waals surface area contributed by atoms with Crippen LogP contribution < -0.4 is 5.32 Å². The molecule has 0 aliphatic rings. The van der Waals surface area contributed by atoms with Crippen LogP contribution in [0.4, 0.5) is 0 Å². The Morgan fingerprint density at radius 3 is 1.60 bits per heavy atom. The first-order valence-electron chi connectivity index (χ1n) is 4.11. The third-order valence-corrected chi connectivity index (χ3v) is 0.496. The molecule has 0 aromatic rings. The predicted molar refractivity (Wildman–Crippen MR) is 48.2 cm³/mol. The van der Waals surface area contributed by atoms with E-state index in [1.54, 1.807) is 7.11 Å². The number of hydrogen-bond donors (Lipinski definition) is 1. The fraction of sp³-hybridized carbons (Fsp3) is 1.00. The van der Waals surface area contributed by atoms with Gasteiger partial charge in [0.05, 0.1) is 6.73 Å². The van der Waals surface area contributed by atoms with Crippen LogP contribution in [0.15, 0.2) is 0 Å². The molecule has 10 heavy (non-hydrogen) atoms. The summed E-state index contributed by atoms with van der Waals surface area (Å²) in [4.78, 5) is 0. The normalized spacial score (nSPS) is 6.60. The smallest absolute Gasteiger partial charge is 0.0961 e. The van der Waals surface area contributed by atoms with Crippen molar-refractivity contribution in [1.29, 1.82) is 0 Å². The minimum Gasteiger partial charge on any atom is -0.370 e. The molecule has 0 amide bonds. The predicted octanol–water partition coefficient (Wildman–Crippen LogP) is 2.25. The van der Waals surface area contributed by atoms with Gasteiger partial charge in [-0.25, -0.2) is 0 Å². The van der Waals surface area contributed by atoms with Crippen molar-refractivity contribution in [3.63, 3.8) is 0 Å². The van der Waals surface area contributed by atoms with Crippen molar-refractivity contribution in [2.45, 2.75) is 34.6 Å². The zero-order chi connectivity index (χ0) is 8.83. The van der Waals surface area contributed by atoms with Gasteiger partial charge in [0.2, 0.25) is 0 Å². The van der Waals surface area contributed by atoms with Gasteiger partial charge in [0.15, 0.2) is 0 Å². The first-order chi connectivity index (χ1) is 4.91. The van der Waals surface area contributed by atoms with Gasteiger partial charge in [0, 0.05) is 7.11 Å². The van der Waals surface area contributed by atoms with E-state index in [9.17, 15) is 0 Å². The van der Waals surface area contributed by atoms with Crippen LogP contribution >= 0.6 is 0 Å². The number of rotatable bonds is 3. The van der Waals surface area contributed by atoms with Crippen molar-refractivity contribution in [3.8, 4) is 0 Å². The zero-order valence-electron chi connectivity index (χ0n) is 8.32. The molecule has 0 atom stereocenters. The lowest BCUT2D eigenvalue weighted by molar-refractivity contribution is 0.177. The lowest BCUT2D eigenvalue weighted by Gasteiger charge is -1.93. The molecule has 2 nitrogen and oxygen atoms in total. The quantitative estimate of drug-likeness (QED) is 0.491. The summed E-state index contributed by atoms with van der Waals surface area (Å²) in [6.07, 6.45) is 0. The maximum Gasteiger partial charge on any atom is 0.0961 e. The highest BCUT2D eigenvalue weighted by Crippen LogP contribution is 1.54. The standard InChI is InChI=1S/C4H11NO.2C2H6/c1-3-5-4-6-2;2*1-2/h5H,3-4H2,1-2H3;2*1-2H3. The maximum absolute atomic E-state index is 4.67. The van der Waals surface area contributed by atoms with Crippen molar-refractivity contribution in [1.82, 2.24) is 5.32 Å². The van der Waals surface area contributed by atoms with Crippen molar-refractivity contribution in [3.05, 3.63) is 0 Å². The minimum atomic E-state index is 0.663. The Morgan fingerprint density at radius 2 is 1.50 bits per heavy atom. The summed E-state index contributed by atoms with van der Waals surface area (Å²) in [6, 6.07) is 0. The molecule has 2 heteroatoms. The molecule has 0 aliphatic heterocycles. The second kappa shape index (κ2) is 36.4. The molecule has 66 valence electrons. The van der Waals surface area contributed by atoms with Gasteiger partial charge in [-0.1, -0.05) is 34.6 Å². The van der Waals surface area contributed by atoms with Gasteiger partial charge in [-0.2, -0.15) is 0 Å². The third-order valence-electron chi connectivity index (χ3n) is 0.496. The van der Waals surface area contributed by atoms with Crippen molar-refractivity contribution in [2.75, 3.05) is 20.4 Å². The lowest BCUT2D eigenvalue weighted by atomic mass is 10.8.